The highest BCUT2D eigenvalue weighted by molar-refractivity contribution is 6.60. The highest BCUT2D eigenvalue weighted by Crippen LogP contribution is 2.26. The van der Waals surface area contributed by atoms with Crippen LogP contribution < -0.4 is 0 Å². The van der Waals surface area contributed by atoms with Gasteiger partial charge in [-0.25, -0.2) is 0 Å². The number of Topliss-reactive ketones (excluding diaryl/α,β-unsaturated/α-hetero) is 1. The van der Waals surface area contributed by atoms with Crippen molar-refractivity contribution in [1.82, 2.24) is 0 Å². The molecule has 0 aliphatic carbocycles. The molecule has 9 heteroatoms. The zero-order valence-corrected chi connectivity index (χ0v) is 18.9. The van der Waals surface area contributed by atoms with Crippen molar-refractivity contribution >= 4 is 23.4 Å². The average molecular weight is 397 g/mol. The molecule has 0 atom stereocenters. The average Bonchev–Trinajstić information content (AvgIpc) is 2.62. The van der Waals surface area contributed by atoms with Crippen LogP contribution in [-0.4, -0.2) is 66.1 Å². The first-order valence-corrected chi connectivity index (χ1v) is 12.5. The Morgan fingerprint density at radius 2 is 1.04 bits per heavy atom. The zero-order valence-electron chi connectivity index (χ0n) is 16.9. The van der Waals surface area contributed by atoms with Crippen molar-refractivity contribution in [2.45, 2.75) is 51.1 Å². The minimum Gasteiger partial charge on any atom is -0.377 e. The van der Waals surface area contributed by atoms with Gasteiger partial charge in [0.15, 0.2) is 0 Å². The summed E-state index contributed by atoms with van der Waals surface area (Å²) in [5.41, 5.74) is 0. The van der Waals surface area contributed by atoms with Crippen LogP contribution in [0.25, 0.3) is 0 Å². The summed E-state index contributed by atoms with van der Waals surface area (Å²) in [5.74, 6) is 0.541. The van der Waals surface area contributed by atoms with E-state index in [-0.39, 0.29) is 5.78 Å². The van der Waals surface area contributed by atoms with E-state index in [2.05, 4.69) is 0 Å². The number of hydrogen-bond acceptors (Lipinski definition) is 7. The molecule has 25 heavy (non-hydrogen) atoms. The van der Waals surface area contributed by atoms with Crippen LogP contribution in [0.2, 0.25) is 12.1 Å². The Morgan fingerprint density at radius 3 is 1.28 bits per heavy atom. The maximum Gasteiger partial charge on any atom is 0.500 e. The van der Waals surface area contributed by atoms with E-state index in [0.29, 0.717) is 12.3 Å². The molecule has 0 bridgehead atoms. The number of carbonyl (C=O) groups is 1. The van der Waals surface area contributed by atoms with E-state index in [9.17, 15) is 4.79 Å². The lowest BCUT2D eigenvalue weighted by Crippen LogP contribution is -2.42. The van der Waals surface area contributed by atoms with Gasteiger partial charge >= 0.3 is 17.6 Å². The van der Waals surface area contributed by atoms with Gasteiger partial charge in [0.2, 0.25) is 0 Å². The Hall–Kier alpha value is -0.136. The Balaban J connectivity index is 4.53. The van der Waals surface area contributed by atoms with Gasteiger partial charge in [0.25, 0.3) is 0 Å². The fourth-order valence-corrected chi connectivity index (χ4v) is 6.58. The third kappa shape index (κ3) is 8.87. The van der Waals surface area contributed by atoms with Crippen LogP contribution in [0, 0.1) is 5.92 Å². The molecular weight excluding hydrogens is 360 g/mol. The van der Waals surface area contributed by atoms with Crippen LogP contribution >= 0.6 is 0 Å². The summed E-state index contributed by atoms with van der Waals surface area (Å²) in [6, 6.07) is 1.50. The molecule has 0 aliphatic rings. The van der Waals surface area contributed by atoms with Crippen LogP contribution in [0.1, 0.15) is 39.0 Å². The van der Waals surface area contributed by atoms with Crippen LogP contribution in [0.3, 0.4) is 0 Å². The molecule has 0 amide bonds. The van der Waals surface area contributed by atoms with E-state index in [1.54, 1.807) is 49.6 Å². The van der Waals surface area contributed by atoms with Crippen molar-refractivity contribution in [2.24, 2.45) is 5.92 Å². The molecule has 0 rings (SSSR count). The van der Waals surface area contributed by atoms with Crippen molar-refractivity contribution in [1.29, 1.82) is 0 Å². The maximum atomic E-state index is 11.6. The lowest BCUT2D eigenvalue weighted by molar-refractivity contribution is -0.118. The molecule has 0 saturated heterocycles. The molecular formula is C16H36O7Si2. The molecule has 0 N–H and O–H groups in total. The fraction of sp³-hybridized carbons (Fsp3) is 0.938. The topological polar surface area (TPSA) is 72.5 Å². The fourth-order valence-electron chi connectivity index (χ4n) is 3.08. The SMILES string of the molecule is CO[Si](CCCC(CCC[Si](OC)(OC)OC)CC(C)=O)(OC)OC. The van der Waals surface area contributed by atoms with Crippen molar-refractivity contribution in [3.8, 4) is 0 Å². The summed E-state index contributed by atoms with van der Waals surface area (Å²) < 4.78 is 32.7. The molecule has 0 radical (unpaired) electrons. The minimum absolute atomic E-state index is 0.215. The molecule has 0 unspecified atom stereocenters. The molecule has 0 heterocycles. The van der Waals surface area contributed by atoms with Crippen LogP contribution in [0.5, 0.6) is 0 Å². The monoisotopic (exact) mass is 396 g/mol. The summed E-state index contributed by atoms with van der Waals surface area (Å²) in [6.45, 7) is 1.64. The first-order valence-electron chi connectivity index (χ1n) is 8.66. The van der Waals surface area contributed by atoms with Gasteiger partial charge in [-0.1, -0.05) is 12.8 Å². The number of carbonyl (C=O) groups excluding carboxylic acids is 1. The molecule has 0 aromatic carbocycles. The third-order valence-corrected chi connectivity index (χ3v) is 10.3. The van der Waals surface area contributed by atoms with Crippen molar-refractivity contribution in [3.05, 3.63) is 0 Å². The maximum absolute atomic E-state index is 11.6. The van der Waals surface area contributed by atoms with E-state index in [4.69, 9.17) is 26.6 Å². The Kier molecular flexibility index (Phi) is 13.0. The standard InChI is InChI=1S/C16H36O7Si2/c1-15(17)14-16(10-8-12-24(18-2,19-3)20-4)11-9-13-25(21-5,22-6)23-7/h16H,8-14H2,1-7H3. The largest absolute Gasteiger partial charge is 0.500 e. The van der Waals surface area contributed by atoms with Crippen LogP contribution in [-0.2, 0) is 31.4 Å². The van der Waals surface area contributed by atoms with Gasteiger partial charge in [0.05, 0.1) is 0 Å². The van der Waals surface area contributed by atoms with Crippen molar-refractivity contribution < 1.29 is 31.4 Å². The summed E-state index contributed by atoms with van der Waals surface area (Å²) in [6.07, 6.45) is 4.27. The van der Waals surface area contributed by atoms with Gasteiger partial charge < -0.3 is 31.4 Å². The number of ketones is 1. The van der Waals surface area contributed by atoms with Crippen molar-refractivity contribution in [2.75, 3.05) is 42.7 Å². The quantitative estimate of drug-likeness (QED) is 0.371. The zero-order chi connectivity index (χ0) is 19.3. The predicted octanol–water partition coefficient (Wildman–Crippen LogP) is 2.90. The van der Waals surface area contributed by atoms with Crippen LogP contribution in [0.4, 0.5) is 0 Å². The molecule has 0 aromatic heterocycles. The lowest BCUT2D eigenvalue weighted by atomic mass is 9.93. The molecule has 150 valence electrons. The third-order valence-electron chi connectivity index (χ3n) is 4.63. The van der Waals surface area contributed by atoms with Gasteiger partial charge in [0, 0.05) is 61.2 Å². The molecule has 0 fully saturated rings. The summed E-state index contributed by atoms with van der Waals surface area (Å²) >= 11 is 0. The second kappa shape index (κ2) is 13.1. The highest BCUT2D eigenvalue weighted by Gasteiger charge is 2.38. The molecule has 0 aromatic rings. The van der Waals surface area contributed by atoms with E-state index < -0.39 is 17.6 Å². The number of hydrogen-bond donors (Lipinski definition) is 0. The number of rotatable bonds is 16. The second-order valence-corrected chi connectivity index (χ2v) is 12.3. The highest BCUT2D eigenvalue weighted by atomic mass is 28.4. The Morgan fingerprint density at radius 1 is 0.720 bits per heavy atom. The Labute approximate surface area is 155 Å². The summed E-state index contributed by atoms with van der Waals surface area (Å²) in [4.78, 5) is 11.6. The molecule has 0 spiro atoms. The molecule has 0 aliphatic heterocycles. The van der Waals surface area contributed by atoms with Gasteiger partial charge in [-0.2, -0.15) is 0 Å². The first-order chi connectivity index (χ1) is 11.9. The van der Waals surface area contributed by atoms with Gasteiger partial charge in [0.1, 0.15) is 5.78 Å². The van der Waals surface area contributed by atoms with Gasteiger partial charge in [-0.05, 0) is 25.7 Å². The van der Waals surface area contributed by atoms with E-state index in [0.717, 1.165) is 37.8 Å². The smallest absolute Gasteiger partial charge is 0.377 e. The normalized spacial score (nSPS) is 12.8. The molecule has 7 nitrogen and oxygen atoms in total. The van der Waals surface area contributed by atoms with E-state index in [1.807, 2.05) is 0 Å². The van der Waals surface area contributed by atoms with E-state index >= 15 is 0 Å². The summed E-state index contributed by atoms with van der Waals surface area (Å²) in [5, 5.41) is 0. The predicted molar refractivity (Wildman–Crippen MR) is 100 cm³/mol. The Bertz CT molecular complexity index is 318. The summed E-state index contributed by atoms with van der Waals surface area (Å²) in [7, 11) is 4.65. The van der Waals surface area contributed by atoms with Gasteiger partial charge in [-0.3, -0.25) is 0 Å². The second-order valence-electron chi connectivity index (χ2n) is 6.15. The lowest BCUT2D eigenvalue weighted by Gasteiger charge is -2.26. The minimum atomic E-state index is -2.54. The van der Waals surface area contributed by atoms with Crippen LogP contribution in [0.15, 0.2) is 0 Å². The molecule has 0 saturated carbocycles. The first kappa shape index (κ1) is 24.9. The van der Waals surface area contributed by atoms with E-state index in [1.165, 1.54) is 0 Å². The van der Waals surface area contributed by atoms with Gasteiger partial charge in [-0.15, -0.1) is 0 Å². The van der Waals surface area contributed by atoms with Crippen molar-refractivity contribution in [3.63, 3.8) is 0 Å².